The number of hydrogen-bond acceptors (Lipinski definition) is 4. The van der Waals surface area contributed by atoms with Crippen molar-refractivity contribution in [3.05, 3.63) is 57.3 Å². The van der Waals surface area contributed by atoms with E-state index in [2.05, 4.69) is 36.5 Å². The van der Waals surface area contributed by atoms with E-state index in [4.69, 9.17) is 4.74 Å². The van der Waals surface area contributed by atoms with E-state index in [1.54, 1.807) is 25.2 Å². The predicted molar refractivity (Wildman–Crippen MR) is 106 cm³/mol. The Hall–Kier alpha value is -2.11. The highest BCUT2D eigenvalue weighted by atomic mass is 32.1. The van der Waals surface area contributed by atoms with Crippen LogP contribution in [0.1, 0.15) is 41.8 Å². The van der Waals surface area contributed by atoms with Crippen LogP contribution in [0.25, 0.3) is 5.57 Å². The van der Waals surface area contributed by atoms with E-state index >= 15 is 0 Å². The van der Waals surface area contributed by atoms with Crippen molar-refractivity contribution in [3.8, 4) is 5.75 Å². The Balaban J connectivity index is 2.12. The summed E-state index contributed by atoms with van der Waals surface area (Å²) in [5.74, 6) is -0.0172. The zero-order valence-electron chi connectivity index (χ0n) is 15.7. The Morgan fingerprint density at radius 2 is 2.12 bits per heavy atom. The van der Waals surface area contributed by atoms with Gasteiger partial charge in [0.1, 0.15) is 12.4 Å². The molecule has 1 aliphatic heterocycles. The molecule has 0 spiro atoms. The Kier molecular flexibility index (Phi) is 5.21. The van der Waals surface area contributed by atoms with Gasteiger partial charge in [-0.15, -0.1) is 11.3 Å². The molecule has 1 aromatic carbocycles. The first-order valence-electron chi connectivity index (χ1n) is 8.73. The van der Waals surface area contributed by atoms with Gasteiger partial charge in [0.05, 0.1) is 5.41 Å². The monoisotopic (exact) mass is 371 g/mol. The van der Waals surface area contributed by atoms with Crippen LogP contribution in [0.3, 0.4) is 0 Å². The lowest BCUT2D eigenvalue weighted by Crippen LogP contribution is -2.28. The van der Waals surface area contributed by atoms with Crippen LogP contribution in [0.4, 0.5) is 0 Å². The lowest BCUT2D eigenvalue weighted by molar-refractivity contribution is -0.142. The molecule has 4 nitrogen and oxygen atoms in total. The van der Waals surface area contributed by atoms with Gasteiger partial charge in [0.25, 0.3) is 0 Å². The molecule has 2 aromatic rings. The minimum Gasteiger partial charge on any atom is -0.488 e. The van der Waals surface area contributed by atoms with Crippen LogP contribution >= 0.6 is 11.3 Å². The fourth-order valence-electron chi connectivity index (χ4n) is 3.01. The van der Waals surface area contributed by atoms with Crippen LogP contribution in [0.5, 0.6) is 5.75 Å². The quantitative estimate of drug-likeness (QED) is 0.847. The molecule has 3 rings (SSSR count). The number of aliphatic carboxylic acids is 1. The molecule has 2 heterocycles. The Labute approximate surface area is 158 Å². The summed E-state index contributed by atoms with van der Waals surface area (Å²) in [4.78, 5) is 15.1. The second-order valence-corrected chi connectivity index (χ2v) is 8.33. The predicted octanol–water partition coefficient (Wildman–Crippen LogP) is 4.39. The third kappa shape index (κ3) is 3.55. The number of carboxylic acid groups (broad SMARTS) is 1. The van der Waals surface area contributed by atoms with Gasteiger partial charge in [0, 0.05) is 22.5 Å². The third-order valence-electron chi connectivity index (χ3n) is 4.83. The molecule has 26 heavy (non-hydrogen) atoms. The highest BCUT2D eigenvalue weighted by molar-refractivity contribution is 7.11. The highest BCUT2D eigenvalue weighted by Gasteiger charge is 2.31. The van der Waals surface area contributed by atoms with Gasteiger partial charge < -0.3 is 14.7 Å². The van der Waals surface area contributed by atoms with Gasteiger partial charge in [-0.05, 0) is 69.1 Å². The van der Waals surface area contributed by atoms with Gasteiger partial charge in [-0.2, -0.15) is 0 Å². The summed E-state index contributed by atoms with van der Waals surface area (Å²) in [6, 6.07) is 7.86. The van der Waals surface area contributed by atoms with Crippen LogP contribution in [-0.4, -0.2) is 36.6 Å². The SMILES string of the molecule is CN(C)CC/C=C1/c2cc(C(C)(C)C(=O)O)ccc2OCc2ccsc21. The molecule has 0 saturated carbocycles. The van der Waals surface area contributed by atoms with E-state index in [0.717, 1.165) is 35.4 Å². The average Bonchev–Trinajstić information content (AvgIpc) is 2.99. The lowest BCUT2D eigenvalue weighted by Gasteiger charge is -2.22. The van der Waals surface area contributed by atoms with E-state index in [0.29, 0.717) is 6.61 Å². The standard InChI is InChI=1S/C21H25NO3S/c1-21(2,20(23)24)15-7-8-18-17(12-15)16(6-5-10-22(3)4)19-14(13-25-18)9-11-26-19/h6-9,11-12H,5,10,13H2,1-4H3,(H,23,24)/b16-6-. The van der Waals surface area contributed by atoms with E-state index in [-0.39, 0.29) is 0 Å². The van der Waals surface area contributed by atoms with Crippen LogP contribution < -0.4 is 4.74 Å². The first kappa shape index (κ1) is 18.7. The molecule has 0 saturated heterocycles. The molecule has 0 bridgehead atoms. The van der Waals surface area contributed by atoms with Crippen LogP contribution in [0.15, 0.2) is 35.7 Å². The smallest absolute Gasteiger partial charge is 0.313 e. The van der Waals surface area contributed by atoms with Gasteiger partial charge >= 0.3 is 5.97 Å². The van der Waals surface area contributed by atoms with Gasteiger partial charge in [-0.25, -0.2) is 0 Å². The van der Waals surface area contributed by atoms with Crippen molar-refractivity contribution in [2.45, 2.75) is 32.3 Å². The third-order valence-corrected chi connectivity index (χ3v) is 5.82. The number of ether oxygens (including phenoxy) is 1. The molecule has 0 unspecified atom stereocenters. The van der Waals surface area contributed by atoms with Crippen molar-refractivity contribution in [3.63, 3.8) is 0 Å². The summed E-state index contributed by atoms with van der Waals surface area (Å²) < 4.78 is 6.03. The summed E-state index contributed by atoms with van der Waals surface area (Å²) in [6.45, 7) is 4.97. The Bertz CT molecular complexity index is 849. The number of rotatable bonds is 5. The number of benzene rings is 1. The lowest BCUT2D eigenvalue weighted by atomic mass is 9.83. The molecular formula is C21H25NO3S. The minimum absolute atomic E-state index is 0.540. The largest absolute Gasteiger partial charge is 0.488 e. The van der Waals surface area contributed by atoms with Crippen molar-refractivity contribution >= 4 is 22.9 Å². The number of nitrogens with zero attached hydrogens (tertiary/aromatic N) is 1. The van der Waals surface area contributed by atoms with E-state index in [1.165, 1.54) is 10.4 Å². The second-order valence-electron chi connectivity index (χ2n) is 7.41. The van der Waals surface area contributed by atoms with Crippen LogP contribution in [0.2, 0.25) is 0 Å². The molecule has 1 aliphatic rings. The van der Waals surface area contributed by atoms with E-state index in [9.17, 15) is 9.90 Å². The maximum Gasteiger partial charge on any atom is 0.313 e. The number of thiophene rings is 1. The summed E-state index contributed by atoms with van der Waals surface area (Å²) in [6.07, 6.45) is 3.17. The summed E-state index contributed by atoms with van der Waals surface area (Å²) >= 11 is 1.71. The van der Waals surface area contributed by atoms with E-state index in [1.807, 2.05) is 18.2 Å². The molecule has 0 amide bonds. The number of carboxylic acids is 1. The Morgan fingerprint density at radius 3 is 2.81 bits per heavy atom. The van der Waals surface area contributed by atoms with Crippen LogP contribution in [0, 0.1) is 0 Å². The fourth-order valence-corrected chi connectivity index (χ4v) is 3.98. The highest BCUT2D eigenvalue weighted by Crippen LogP contribution is 2.41. The van der Waals surface area contributed by atoms with Gasteiger partial charge in [0.15, 0.2) is 0 Å². The molecular weight excluding hydrogens is 346 g/mol. The van der Waals surface area contributed by atoms with E-state index < -0.39 is 11.4 Å². The number of carbonyl (C=O) groups is 1. The average molecular weight is 372 g/mol. The van der Waals surface area contributed by atoms with Gasteiger partial charge in [-0.3, -0.25) is 4.79 Å². The van der Waals surface area contributed by atoms with Crippen LogP contribution in [-0.2, 0) is 16.8 Å². The van der Waals surface area contributed by atoms with Crippen molar-refractivity contribution in [1.82, 2.24) is 4.90 Å². The first-order chi connectivity index (χ1) is 12.3. The van der Waals surface area contributed by atoms with Gasteiger partial charge in [-0.1, -0.05) is 12.1 Å². The summed E-state index contributed by atoms with van der Waals surface area (Å²) in [5.41, 5.74) is 3.14. The van der Waals surface area contributed by atoms with Crippen molar-refractivity contribution in [1.29, 1.82) is 0 Å². The molecule has 0 atom stereocenters. The zero-order valence-corrected chi connectivity index (χ0v) is 16.5. The summed E-state index contributed by atoms with van der Waals surface area (Å²) in [7, 11) is 4.12. The number of hydrogen-bond donors (Lipinski definition) is 1. The normalized spacial score (nSPS) is 15.3. The second kappa shape index (κ2) is 7.25. The number of fused-ring (bicyclic) bond motifs is 2. The van der Waals surface area contributed by atoms with Gasteiger partial charge in [0.2, 0.25) is 0 Å². The maximum absolute atomic E-state index is 11.7. The molecule has 0 radical (unpaired) electrons. The fraction of sp³-hybridized carbons (Fsp3) is 0.381. The molecule has 1 aromatic heterocycles. The molecule has 138 valence electrons. The minimum atomic E-state index is -0.950. The molecule has 0 aliphatic carbocycles. The zero-order chi connectivity index (χ0) is 18.9. The van der Waals surface area contributed by atoms with Crippen molar-refractivity contribution in [2.24, 2.45) is 0 Å². The van der Waals surface area contributed by atoms with Crippen molar-refractivity contribution < 1.29 is 14.6 Å². The summed E-state index contributed by atoms with van der Waals surface area (Å²) in [5, 5.41) is 11.7. The maximum atomic E-state index is 11.7. The Morgan fingerprint density at radius 1 is 1.35 bits per heavy atom. The topological polar surface area (TPSA) is 49.8 Å². The molecule has 1 N–H and O–H groups in total. The first-order valence-corrected chi connectivity index (χ1v) is 9.61. The van der Waals surface area contributed by atoms with Crippen molar-refractivity contribution in [2.75, 3.05) is 20.6 Å². The molecule has 0 fully saturated rings. The molecule has 5 heteroatoms.